The lowest BCUT2D eigenvalue weighted by atomic mass is 9.95. The van der Waals surface area contributed by atoms with Gasteiger partial charge in [-0.3, -0.25) is 19.2 Å². The third-order valence-electron chi connectivity index (χ3n) is 6.33. The largest absolute Gasteiger partial charge is 0.497 e. The van der Waals surface area contributed by atoms with Crippen molar-refractivity contribution in [2.24, 2.45) is 0 Å². The fourth-order valence-electron chi connectivity index (χ4n) is 4.12. The number of hydrogen-bond acceptors (Lipinski definition) is 8. The SMILES string of the molecule is COc1ccc(C(=O)C(=O)c2ccc(-c3ccc(C(=O)C(=O)c4ccc(OC)cc4)cc3OC)c(OC)c2)cc1. The van der Waals surface area contributed by atoms with E-state index in [9.17, 15) is 19.2 Å². The number of Topliss-reactive ketones (excluding diaryl/α,β-unsaturated/α-hetero) is 4. The van der Waals surface area contributed by atoms with Gasteiger partial charge in [0.15, 0.2) is 0 Å². The minimum absolute atomic E-state index is 0.150. The van der Waals surface area contributed by atoms with Crippen LogP contribution in [0.3, 0.4) is 0 Å². The molecule has 0 fully saturated rings. The van der Waals surface area contributed by atoms with Crippen LogP contribution in [0.5, 0.6) is 23.0 Å². The van der Waals surface area contributed by atoms with Crippen LogP contribution in [0.25, 0.3) is 11.1 Å². The second kappa shape index (κ2) is 12.1. The molecule has 0 heterocycles. The van der Waals surface area contributed by atoms with E-state index < -0.39 is 23.1 Å². The Morgan fingerprint density at radius 3 is 1.00 bits per heavy atom. The molecule has 4 aromatic rings. The first-order valence-electron chi connectivity index (χ1n) is 12.1. The fraction of sp³-hybridized carbons (Fsp3) is 0.125. The first-order chi connectivity index (χ1) is 19.3. The van der Waals surface area contributed by atoms with Crippen LogP contribution in [0.4, 0.5) is 0 Å². The smallest absolute Gasteiger partial charge is 0.233 e. The highest BCUT2D eigenvalue weighted by atomic mass is 16.5. The van der Waals surface area contributed by atoms with Gasteiger partial charge in [0, 0.05) is 33.4 Å². The van der Waals surface area contributed by atoms with E-state index in [1.54, 1.807) is 36.4 Å². The number of hydrogen-bond donors (Lipinski definition) is 0. The first-order valence-corrected chi connectivity index (χ1v) is 12.1. The second-order valence-electron chi connectivity index (χ2n) is 8.60. The van der Waals surface area contributed by atoms with Crippen LogP contribution in [0.15, 0.2) is 84.9 Å². The highest BCUT2D eigenvalue weighted by molar-refractivity contribution is 6.49. The molecule has 0 bridgehead atoms. The predicted octanol–water partition coefficient (Wildman–Crippen LogP) is 5.52. The van der Waals surface area contributed by atoms with Crippen LogP contribution in [0, 0.1) is 0 Å². The van der Waals surface area contributed by atoms with Crippen molar-refractivity contribution in [3.05, 3.63) is 107 Å². The van der Waals surface area contributed by atoms with Crippen LogP contribution < -0.4 is 18.9 Å². The number of carbonyl (C=O) groups excluding carboxylic acids is 4. The summed E-state index contributed by atoms with van der Waals surface area (Å²) in [5.41, 5.74) is 1.90. The maximum atomic E-state index is 12.9. The van der Waals surface area contributed by atoms with Gasteiger partial charge in [0.05, 0.1) is 28.4 Å². The van der Waals surface area contributed by atoms with Gasteiger partial charge in [0.1, 0.15) is 23.0 Å². The average molecular weight is 539 g/mol. The van der Waals surface area contributed by atoms with E-state index in [0.29, 0.717) is 34.1 Å². The molecule has 0 atom stereocenters. The van der Waals surface area contributed by atoms with Crippen molar-refractivity contribution in [1.29, 1.82) is 0 Å². The Balaban J connectivity index is 1.61. The first kappa shape index (κ1) is 27.8. The monoisotopic (exact) mass is 538 g/mol. The molecule has 0 N–H and O–H groups in total. The number of ether oxygens (including phenoxy) is 4. The zero-order valence-corrected chi connectivity index (χ0v) is 22.3. The normalized spacial score (nSPS) is 10.4. The summed E-state index contributed by atoms with van der Waals surface area (Å²) in [5.74, 6) is -0.942. The molecule has 0 saturated heterocycles. The van der Waals surface area contributed by atoms with Crippen molar-refractivity contribution < 1.29 is 38.1 Å². The Morgan fingerprint density at radius 2 is 0.700 bits per heavy atom. The summed E-state index contributed by atoms with van der Waals surface area (Å²) in [6.07, 6.45) is 0. The van der Waals surface area contributed by atoms with Crippen LogP contribution in [0.2, 0.25) is 0 Å². The van der Waals surface area contributed by atoms with Gasteiger partial charge in [-0.15, -0.1) is 0 Å². The number of benzene rings is 4. The quantitative estimate of drug-likeness (QED) is 0.182. The number of methoxy groups -OCH3 is 4. The van der Waals surface area contributed by atoms with Crippen LogP contribution in [-0.2, 0) is 0 Å². The van der Waals surface area contributed by atoms with Gasteiger partial charge in [0.2, 0.25) is 23.1 Å². The van der Waals surface area contributed by atoms with E-state index in [2.05, 4.69) is 0 Å². The average Bonchev–Trinajstić information content (AvgIpc) is 3.02. The molecule has 0 aliphatic heterocycles. The van der Waals surface area contributed by atoms with Crippen molar-refractivity contribution in [3.8, 4) is 34.1 Å². The van der Waals surface area contributed by atoms with E-state index in [4.69, 9.17) is 18.9 Å². The highest BCUT2D eigenvalue weighted by Crippen LogP contribution is 2.38. The van der Waals surface area contributed by atoms with Gasteiger partial charge in [-0.25, -0.2) is 0 Å². The van der Waals surface area contributed by atoms with Crippen LogP contribution in [0.1, 0.15) is 41.4 Å². The topological polar surface area (TPSA) is 105 Å². The fourth-order valence-corrected chi connectivity index (χ4v) is 4.12. The molecule has 8 nitrogen and oxygen atoms in total. The summed E-state index contributed by atoms with van der Waals surface area (Å²) in [6, 6.07) is 21.8. The lowest BCUT2D eigenvalue weighted by Crippen LogP contribution is -2.15. The number of rotatable bonds is 11. The van der Waals surface area contributed by atoms with Gasteiger partial charge in [0.25, 0.3) is 0 Å². The molecule has 0 spiro atoms. The molecular weight excluding hydrogens is 512 g/mol. The Kier molecular flexibility index (Phi) is 8.39. The van der Waals surface area contributed by atoms with E-state index in [1.807, 2.05) is 0 Å². The van der Waals surface area contributed by atoms with E-state index >= 15 is 0 Å². The van der Waals surface area contributed by atoms with Gasteiger partial charge < -0.3 is 18.9 Å². The highest BCUT2D eigenvalue weighted by Gasteiger charge is 2.23. The molecule has 8 heteroatoms. The summed E-state index contributed by atoms with van der Waals surface area (Å²) in [6.45, 7) is 0. The molecule has 0 aliphatic rings. The van der Waals surface area contributed by atoms with Crippen LogP contribution >= 0.6 is 0 Å². The number of carbonyl (C=O) groups is 4. The summed E-state index contributed by atoms with van der Waals surface area (Å²) < 4.78 is 21.3. The lowest BCUT2D eigenvalue weighted by molar-refractivity contribution is 0.0816. The molecule has 4 aromatic carbocycles. The van der Waals surface area contributed by atoms with Gasteiger partial charge in [-0.05, 0) is 72.8 Å². The number of ketones is 4. The minimum atomic E-state index is -0.694. The molecular formula is C32H26O8. The third-order valence-corrected chi connectivity index (χ3v) is 6.33. The Morgan fingerprint density at radius 1 is 0.400 bits per heavy atom. The minimum Gasteiger partial charge on any atom is -0.497 e. The summed E-state index contributed by atoms with van der Waals surface area (Å²) in [4.78, 5) is 51.4. The molecule has 0 unspecified atom stereocenters. The zero-order chi connectivity index (χ0) is 28.8. The Bertz CT molecular complexity index is 1460. The predicted molar refractivity (Wildman–Crippen MR) is 148 cm³/mol. The molecule has 0 amide bonds. The summed E-state index contributed by atoms with van der Waals surface area (Å²) >= 11 is 0. The summed E-state index contributed by atoms with van der Waals surface area (Å²) in [7, 11) is 5.91. The zero-order valence-electron chi connectivity index (χ0n) is 22.3. The van der Waals surface area contributed by atoms with Crippen molar-refractivity contribution in [1.82, 2.24) is 0 Å². The molecule has 4 rings (SSSR count). The van der Waals surface area contributed by atoms with Gasteiger partial charge in [-0.1, -0.05) is 12.1 Å². The van der Waals surface area contributed by atoms with Crippen LogP contribution in [-0.4, -0.2) is 51.6 Å². The maximum Gasteiger partial charge on any atom is 0.233 e. The van der Waals surface area contributed by atoms with E-state index in [0.717, 1.165) is 0 Å². The van der Waals surface area contributed by atoms with Crippen molar-refractivity contribution >= 4 is 23.1 Å². The third kappa shape index (κ3) is 5.61. The standard InChI is InChI=1S/C32H26O8/c1-37-23-11-5-19(6-12-23)29(33)31(35)21-9-15-25(27(17-21)39-3)26-16-10-22(18-28(26)40-4)32(36)30(34)20-7-13-24(38-2)14-8-20/h5-18H,1-4H3. The Hall–Kier alpha value is -5.24. The van der Waals surface area contributed by atoms with E-state index in [-0.39, 0.29) is 22.3 Å². The molecule has 0 radical (unpaired) electrons. The Labute approximate surface area is 231 Å². The van der Waals surface area contributed by atoms with Crippen molar-refractivity contribution in [2.75, 3.05) is 28.4 Å². The van der Waals surface area contributed by atoms with E-state index in [1.165, 1.54) is 77.0 Å². The second-order valence-corrected chi connectivity index (χ2v) is 8.60. The lowest BCUT2D eigenvalue weighted by Gasteiger charge is -2.14. The molecule has 0 aliphatic carbocycles. The van der Waals surface area contributed by atoms with Crippen molar-refractivity contribution in [3.63, 3.8) is 0 Å². The molecule has 202 valence electrons. The summed E-state index contributed by atoms with van der Waals surface area (Å²) in [5, 5.41) is 0. The molecule has 0 saturated carbocycles. The van der Waals surface area contributed by atoms with Crippen molar-refractivity contribution in [2.45, 2.75) is 0 Å². The maximum absolute atomic E-state index is 12.9. The van der Waals surface area contributed by atoms with Gasteiger partial charge in [-0.2, -0.15) is 0 Å². The van der Waals surface area contributed by atoms with Gasteiger partial charge >= 0.3 is 0 Å². The molecule has 0 aromatic heterocycles. The molecule has 40 heavy (non-hydrogen) atoms.